The standard InChI is InChI=1S/C22H19F2N3/c23-19-6-1-15(2-7-19)9-10-25-13-18-4-3-16(11-20(18)24)17-5-8-21-22(12-17)27-14-26-21/h1-8,11-12,14,25H,9-10,13H2,(H,26,27). The summed E-state index contributed by atoms with van der Waals surface area (Å²) in [7, 11) is 0. The molecule has 0 aliphatic rings. The second-order valence-corrected chi connectivity index (χ2v) is 6.49. The Bertz CT molecular complexity index is 1050. The first kappa shape index (κ1) is 17.4. The number of fused-ring (bicyclic) bond motifs is 1. The fraction of sp³-hybridized carbons (Fsp3) is 0.136. The first-order chi connectivity index (χ1) is 13.2. The molecule has 0 unspecified atom stereocenters. The molecule has 0 saturated heterocycles. The number of imidazole rings is 1. The van der Waals surface area contributed by atoms with Gasteiger partial charge in [0.2, 0.25) is 0 Å². The van der Waals surface area contributed by atoms with Crippen molar-refractivity contribution in [3.63, 3.8) is 0 Å². The van der Waals surface area contributed by atoms with Crippen molar-refractivity contribution in [2.45, 2.75) is 13.0 Å². The minimum atomic E-state index is -0.236. The van der Waals surface area contributed by atoms with E-state index in [-0.39, 0.29) is 11.6 Å². The molecule has 0 bridgehead atoms. The van der Waals surface area contributed by atoms with Gasteiger partial charge in [0, 0.05) is 12.1 Å². The van der Waals surface area contributed by atoms with Crippen LogP contribution in [0.1, 0.15) is 11.1 Å². The van der Waals surface area contributed by atoms with Gasteiger partial charge in [0.05, 0.1) is 17.4 Å². The summed E-state index contributed by atoms with van der Waals surface area (Å²) in [5, 5.41) is 3.24. The maximum atomic E-state index is 14.5. The Morgan fingerprint density at radius 2 is 1.67 bits per heavy atom. The van der Waals surface area contributed by atoms with E-state index in [1.807, 2.05) is 30.3 Å². The van der Waals surface area contributed by atoms with Crippen molar-refractivity contribution in [1.29, 1.82) is 0 Å². The Morgan fingerprint density at radius 3 is 2.48 bits per heavy atom. The summed E-state index contributed by atoms with van der Waals surface area (Å²) in [4.78, 5) is 7.29. The van der Waals surface area contributed by atoms with Crippen LogP contribution in [0.3, 0.4) is 0 Å². The van der Waals surface area contributed by atoms with Crippen LogP contribution in [0.2, 0.25) is 0 Å². The van der Waals surface area contributed by atoms with Crippen molar-refractivity contribution < 1.29 is 8.78 Å². The van der Waals surface area contributed by atoms with Gasteiger partial charge in [0.15, 0.2) is 0 Å². The normalized spacial score (nSPS) is 11.2. The molecule has 5 heteroatoms. The van der Waals surface area contributed by atoms with Gasteiger partial charge in [-0.25, -0.2) is 13.8 Å². The summed E-state index contributed by atoms with van der Waals surface area (Å²) in [5.74, 6) is -0.468. The molecule has 0 atom stereocenters. The molecule has 0 aliphatic heterocycles. The lowest BCUT2D eigenvalue weighted by atomic mass is 10.0. The molecule has 0 spiro atoms. The van der Waals surface area contributed by atoms with Crippen molar-refractivity contribution >= 4 is 11.0 Å². The number of hydrogen-bond donors (Lipinski definition) is 2. The molecule has 0 fully saturated rings. The number of nitrogens with one attached hydrogen (secondary N) is 2. The lowest BCUT2D eigenvalue weighted by Crippen LogP contribution is -2.17. The van der Waals surface area contributed by atoms with Crippen molar-refractivity contribution in [3.8, 4) is 11.1 Å². The highest BCUT2D eigenvalue weighted by atomic mass is 19.1. The van der Waals surface area contributed by atoms with E-state index >= 15 is 0 Å². The summed E-state index contributed by atoms with van der Waals surface area (Å²) < 4.78 is 27.4. The maximum absolute atomic E-state index is 14.5. The van der Waals surface area contributed by atoms with Crippen LogP contribution < -0.4 is 5.32 Å². The fourth-order valence-electron chi connectivity index (χ4n) is 3.09. The molecule has 4 aromatic rings. The van der Waals surface area contributed by atoms with Crippen LogP contribution in [0.4, 0.5) is 8.78 Å². The van der Waals surface area contributed by atoms with Crippen LogP contribution in [0.15, 0.2) is 67.0 Å². The maximum Gasteiger partial charge on any atom is 0.128 e. The third-order valence-electron chi connectivity index (χ3n) is 4.63. The first-order valence-electron chi connectivity index (χ1n) is 8.86. The van der Waals surface area contributed by atoms with Gasteiger partial charge in [0.25, 0.3) is 0 Å². The molecule has 0 radical (unpaired) electrons. The lowest BCUT2D eigenvalue weighted by Gasteiger charge is -2.09. The molecule has 3 nitrogen and oxygen atoms in total. The van der Waals surface area contributed by atoms with E-state index in [1.165, 1.54) is 12.1 Å². The zero-order valence-electron chi connectivity index (χ0n) is 14.7. The molecule has 1 aromatic heterocycles. The van der Waals surface area contributed by atoms with E-state index in [4.69, 9.17) is 0 Å². The number of halogens is 2. The zero-order valence-corrected chi connectivity index (χ0v) is 14.7. The van der Waals surface area contributed by atoms with Gasteiger partial charge < -0.3 is 10.3 Å². The molecule has 136 valence electrons. The van der Waals surface area contributed by atoms with E-state index in [2.05, 4.69) is 15.3 Å². The number of benzene rings is 3. The van der Waals surface area contributed by atoms with Crippen molar-refractivity contribution in [2.24, 2.45) is 0 Å². The lowest BCUT2D eigenvalue weighted by molar-refractivity contribution is 0.588. The van der Waals surface area contributed by atoms with Gasteiger partial charge in [0.1, 0.15) is 11.6 Å². The third-order valence-corrected chi connectivity index (χ3v) is 4.63. The fourth-order valence-corrected chi connectivity index (χ4v) is 3.09. The Morgan fingerprint density at radius 1 is 0.889 bits per heavy atom. The minimum Gasteiger partial charge on any atom is -0.345 e. The molecule has 2 N–H and O–H groups in total. The van der Waals surface area contributed by atoms with Crippen LogP contribution in [0.25, 0.3) is 22.2 Å². The summed E-state index contributed by atoms with van der Waals surface area (Å²) in [6.07, 6.45) is 2.42. The number of rotatable bonds is 6. The van der Waals surface area contributed by atoms with Gasteiger partial charge in [-0.2, -0.15) is 0 Å². The Hall–Kier alpha value is -3.05. The van der Waals surface area contributed by atoms with Gasteiger partial charge in [-0.15, -0.1) is 0 Å². The average molecular weight is 363 g/mol. The van der Waals surface area contributed by atoms with Crippen LogP contribution in [0.5, 0.6) is 0 Å². The Kier molecular flexibility index (Phi) is 4.94. The van der Waals surface area contributed by atoms with Gasteiger partial charge in [-0.1, -0.05) is 30.3 Å². The third kappa shape index (κ3) is 4.04. The van der Waals surface area contributed by atoms with Crippen LogP contribution >= 0.6 is 0 Å². The van der Waals surface area contributed by atoms with E-state index in [9.17, 15) is 8.78 Å². The minimum absolute atomic E-state index is 0.232. The number of aromatic nitrogens is 2. The Balaban J connectivity index is 1.38. The summed E-state index contributed by atoms with van der Waals surface area (Å²) in [5.41, 5.74) is 5.25. The largest absolute Gasteiger partial charge is 0.345 e. The highest BCUT2D eigenvalue weighted by Crippen LogP contribution is 2.24. The predicted octanol–water partition coefficient (Wildman–Crippen LogP) is 4.84. The SMILES string of the molecule is Fc1ccc(CCNCc2ccc(-c3ccc4[nH]cnc4c3)cc2F)cc1. The predicted molar refractivity (Wildman–Crippen MR) is 103 cm³/mol. The van der Waals surface area contributed by atoms with Gasteiger partial charge in [-0.05, 0) is 60.0 Å². The van der Waals surface area contributed by atoms with Crippen LogP contribution in [-0.2, 0) is 13.0 Å². The molecular weight excluding hydrogens is 344 g/mol. The zero-order chi connectivity index (χ0) is 18.6. The topological polar surface area (TPSA) is 40.7 Å². The number of hydrogen-bond acceptors (Lipinski definition) is 2. The monoisotopic (exact) mass is 363 g/mol. The molecular formula is C22H19F2N3. The smallest absolute Gasteiger partial charge is 0.128 e. The highest BCUT2D eigenvalue weighted by Gasteiger charge is 2.07. The quantitative estimate of drug-likeness (QED) is 0.481. The summed E-state index contributed by atoms with van der Waals surface area (Å²) in [6.45, 7) is 1.15. The number of aromatic amines is 1. The molecule has 4 rings (SSSR count). The Labute approximate surface area is 156 Å². The van der Waals surface area contributed by atoms with Gasteiger partial charge in [-0.3, -0.25) is 0 Å². The molecule has 27 heavy (non-hydrogen) atoms. The molecule has 0 aliphatic carbocycles. The van der Waals surface area contributed by atoms with Crippen LogP contribution in [-0.4, -0.2) is 16.5 Å². The molecule has 0 saturated carbocycles. The molecule has 3 aromatic carbocycles. The van der Waals surface area contributed by atoms with Crippen LogP contribution in [0, 0.1) is 11.6 Å². The van der Waals surface area contributed by atoms with E-state index < -0.39 is 0 Å². The van der Waals surface area contributed by atoms with E-state index in [1.54, 1.807) is 24.5 Å². The highest BCUT2D eigenvalue weighted by molar-refractivity contribution is 5.81. The van der Waals surface area contributed by atoms with Crippen molar-refractivity contribution in [1.82, 2.24) is 15.3 Å². The molecule has 0 amide bonds. The van der Waals surface area contributed by atoms with Gasteiger partial charge >= 0.3 is 0 Å². The average Bonchev–Trinajstić information content (AvgIpc) is 3.15. The number of nitrogens with zero attached hydrogens (tertiary/aromatic N) is 1. The summed E-state index contributed by atoms with van der Waals surface area (Å²) >= 11 is 0. The van der Waals surface area contributed by atoms with Crippen molar-refractivity contribution in [2.75, 3.05) is 6.54 Å². The van der Waals surface area contributed by atoms with E-state index in [0.29, 0.717) is 18.7 Å². The van der Waals surface area contributed by atoms with Crippen molar-refractivity contribution in [3.05, 3.63) is 89.8 Å². The number of H-pyrrole nitrogens is 1. The first-order valence-corrected chi connectivity index (χ1v) is 8.86. The molecule has 1 heterocycles. The van der Waals surface area contributed by atoms with E-state index in [0.717, 1.165) is 34.1 Å². The summed E-state index contributed by atoms with van der Waals surface area (Å²) in [6, 6.07) is 17.6. The second-order valence-electron chi connectivity index (χ2n) is 6.49. The second kappa shape index (κ2) is 7.68.